The number of rotatable bonds is 0. The topological polar surface area (TPSA) is 115 Å². The van der Waals surface area contributed by atoms with Crippen LogP contribution in [0.3, 0.4) is 0 Å². The summed E-state index contributed by atoms with van der Waals surface area (Å²) in [5.74, 6) is 0. The molecule has 10 heteroatoms. The van der Waals surface area contributed by atoms with Crippen LogP contribution in [0.5, 0.6) is 0 Å². The van der Waals surface area contributed by atoms with Crippen LogP contribution < -0.4 is 70.6 Å². The Morgan fingerprint density at radius 2 is 1.27 bits per heavy atom. The molecule has 11 heavy (non-hydrogen) atoms. The third-order valence-electron chi connectivity index (χ3n) is 0. The van der Waals surface area contributed by atoms with Crippen LogP contribution in [0.25, 0.3) is 0 Å². The molecule has 0 heterocycles. The smallest absolute Gasteiger partial charge is 0.780 e. The van der Waals surface area contributed by atoms with Gasteiger partial charge in [-0.3, -0.25) is 4.21 Å². The average molecular weight is 234 g/mol. The maximum Gasteiger partial charge on any atom is 1.00 e. The monoisotopic (exact) mass is 234 g/mol. The molecule has 0 aliphatic heterocycles. The van der Waals surface area contributed by atoms with Crippen molar-refractivity contribution in [3.8, 4) is 0 Å². The standard InChI is InChI=1S/CH4N2S.2Na.H2O3S2/c2-1(3)4;;;1-5(2,3)4/h(H4,2,3,4);;;(H2,1,2,3,4)/q;2*+1;/p-2. The van der Waals surface area contributed by atoms with E-state index in [1.54, 1.807) is 0 Å². The summed E-state index contributed by atoms with van der Waals surface area (Å²) in [4.78, 5) is 0. The molecule has 0 saturated heterocycles. The van der Waals surface area contributed by atoms with Gasteiger partial charge in [-0.25, -0.2) is 0 Å². The first-order chi connectivity index (χ1) is 3.73. The fourth-order valence-electron chi connectivity index (χ4n) is 0. The van der Waals surface area contributed by atoms with Gasteiger partial charge in [0.05, 0.1) is 0 Å². The number of hydrogen-bond acceptors (Lipinski definition) is 5. The van der Waals surface area contributed by atoms with Crippen molar-refractivity contribution in [1.82, 2.24) is 0 Å². The van der Waals surface area contributed by atoms with Crippen molar-refractivity contribution in [1.29, 1.82) is 0 Å². The van der Waals surface area contributed by atoms with Crippen LogP contribution in [0.2, 0.25) is 0 Å². The van der Waals surface area contributed by atoms with E-state index >= 15 is 0 Å². The predicted octanol–water partition coefficient (Wildman–Crippen LogP) is -7.81. The number of hydrogen-bond donors (Lipinski definition) is 2. The van der Waals surface area contributed by atoms with Gasteiger partial charge in [0.2, 0.25) is 0 Å². The van der Waals surface area contributed by atoms with E-state index in [9.17, 15) is 0 Å². The second-order valence-electron chi connectivity index (χ2n) is 0.811. The Kier molecular flexibility index (Phi) is 25.2. The zero-order valence-corrected chi connectivity index (χ0v) is 12.6. The molecule has 0 amide bonds. The van der Waals surface area contributed by atoms with Crippen LogP contribution >= 0.6 is 12.2 Å². The van der Waals surface area contributed by atoms with Gasteiger partial charge in [-0.15, -0.1) is 9.05 Å². The van der Waals surface area contributed by atoms with Crippen molar-refractivity contribution < 1.29 is 72.4 Å². The second-order valence-corrected chi connectivity index (χ2v) is 3.32. The van der Waals surface area contributed by atoms with Gasteiger partial charge in [0.1, 0.15) is 0 Å². The number of nitrogens with two attached hydrogens (primary N) is 2. The molecular weight excluding hydrogens is 230 g/mol. The van der Waals surface area contributed by atoms with Crippen molar-refractivity contribution in [3.63, 3.8) is 0 Å². The average Bonchev–Trinajstić information content (AvgIpc) is 1.19. The van der Waals surface area contributed by atoms with Gasteiger partial charge in [-0.2, -0.15) is 0 Å². The summed E-state index contributed by atoms with van der Waals surface area (Å²) in [6.07, 6.45) is 0. The molecule has 5 nitrogen and oxygen atoms in total. The SMILES string of the molecule is NC(N)=S.O=S([O-])([O-])=S.[Na+].[Na+]. The summed E-state index contributed by atoms with van der Waals surface area (Å²) in [7, 11) is -4.33. The van der Waals surface area contributed by atoms with E-state index in [0.717, 1.165) is 0 Å². The molecule has 0 fully saturated rings. The Labute approximate surface area is 120 Å². The molecule has 0 saturated carbocycles. The van der Waals surface area contributed by atoms with E-state index < -0.39 is 9.05 Å². The Morgan fingerprint density at radius 1 is 1.27 bits per heavy atom. The Bertz CT molecular complexity index is 167. The normalized spacial score (nSPS) is 7.45. The molecule has 0 aromatic carbocycles. The van der Waals surface area contributed by atoms with Crippen LogP contribution in [0, 0.1) is 0 Å². The molecule has 0 aromatic rings. The third-order valence-corrected chi connectivity index (χ3v) is 0. The fourth-order valence-corrected chi connectivity index (χ4v) is 0. The first-order valence-corrected chi connectivity index (χ1v) is 4.19. The predicted molar refractivity (Wildman–Crippen MR) is 38.0 cm³/mol. The fraction of sp³-hybridized carbons (Fsp3) is 0. The summed E-state index contributed by atoms with van der Waals surface area (Å²) >= 11 is 7.34. The molecule has 0 rings (SSSR count). The molecule has 0 aliphatic rings. The van der Waals surface area contributed by atoms with Gasteiger partial charge < -0.3 is 20.6 Å². The van der Waals surface area contributed by atoms with E-state index in [0.29, 0.717) is 0 Å². The van der Waals surface area contributed by atoms with E-state index in [1.807, 2.05) is 0 Å². The summed E-state index contributed by atoms with van der Waals surface area (Å²) < 4.78 is 26.7. The third kappa shape index (κ3) is 304. The molecule has 0 atom stereocenters. The Hall–Kier alpha value is 1.98. The second kappa shape index (κ2) is 12.0. The quantitative estimate of drug-likeness (QED) is 0.316. The van der Waals surface area contributed by atoms with E-state index in [2.05, 4.69) is 34.9 Å². The van der Waals surface area contributed by atoms with Crippen LogP contribution in [-0.2, 0) is 20.2 Å². The minimum atomic E-state index is -4.33. The van der Waals surface area contributed by atoms with Gasteiger partial charge in [-0.05, 0) is 23.4 Å². The largest absolute Gasteiger partial charge is 1.00 e. The van der Waals surface area contributed by atoms with E-state index in [4.69, 9.17) is 13.3 Å². The van der Waals surface area contributed by atoms with Crippen molar-refractivity contribution in [3.05, 3.63) is 0 Å². The molecule has 0 bridgehead atoms. The van der Waals surface area contributed by atoms with Crippen LogP contribution in [-0.4, -0.2) is 18.4 Å². The Balaban J connectivity index is -0.0000000383. The summed E-state index contributed by atoms with van der Waals surface area (Å²) in [6, 6.07) is 0. The van der Waals surface area contributed by atoms with Crippen molar-refractivity contribution in [2.75, 3.05) is 0 Å². The number of thiocarbonyl (C=S) groups is 1. The minimum absolute atomic E-state index is 0. The van der Waals surface area contributed by atoms with Gasteiger partial charge in [0.25, 0.3) is 0 Å². The Morgan fingerprint density at radius 3 is 1.27 bits per heavy atom. The van der Waals surface area contributed by atoms with Gasteiger partial charge in [-0.1, -0.05) is 0 Å². The first-order valence-electron chi connectivity index (χ1n) is 1.45. The zero-order chi connectivity index (χ0) is 8.08. The molecule has 0 unspecified atom stereocenters. The summed E-state index contributed by atoms with van der Waals surface area (Å²) in [5, 5.41) is 0.000000000000000222. The zero-order valence-electron chi connectivity index (χ0n) is 6.10. The van der Waals surface area contributed by atoms with Crippen molar-refractivity contribution in [2.45, 2.75) is 0 Å². The molecule has 0 aromatic heterocycles. The molecule has 0 radical (unpaired) electrons. The van der Waals surface area contributed by atoms with E-state index in [1.165, 1.54) is 0 Å². The molecule has 4 N–H and O–H groups in total. The molecule has 0 spiro atoms. The van der Waals surface area contributed by atoms with Gasteiger partial charge in [0.15, 0.2) is 5.11 Å². The summed E-state index contributed by atoms with van der Waals surface area (Å²) in [5.41, 5.74) is 9.24. The van der Waals surface area contributed by atoms with Crippen molar-refractivity contribution in [2.24, 2.45) is 11.5 Å². The minimum Gasteiger partial charge on any atom is -0.780 e. The first kappa shape index (κ1) is 23.1. The molecule has 56 valence electrons. The van der Waals surface area contributed by atoms with Crippen LogP contribution in [0.1, 0.15) is 0 Å². The van der Waals surface area contributed by atoms with Crippen LogP contribution in [0.4, 0.5) is 0 Å². The van der Waals surface area contributed by atoms with Gasteiger partial charge in [0, 0.05) is 0 Å². The molecular formula is CH4N2Na2O3S3. The molecule has 0 aliphatic carbocycles. The summed E-state index contributed by atoms with van der Waals surface area (Å²) in [6.45, 7) is 0. The maximum atomic E-state index is 8.89. The van der Waals surface area contributed by atoms with Gasteiger partial charge >= 0.3 is 59.1 Å². The van der Waals surface area contributed by atoms with Crippen molar-refractivity contribution >= 4 is 37.6 Å². The van der Waals surface area contributed by atoms with E-state index in [-0.39, 0.29) is 64.2 Å². The van der Waals surface area contributed by atoms with Crippen LogP contribution in [0.15, 0.2) is 0 Å². The maximum absolute atomic E-state index is 8.89.